The lowest BCUT2D eigenvalue weighted by Crippen LogP contribution is -2.28. The van der Waals surface area contributed by atoms with Crippen LogP contribution in [0.5, 0.6) is 0 Å². The van der Waals surface area contributed by atoms with Gasteiger partial charge < -0.3 is 19.3 Å². The zero-order valence-electron chi connectivity index (χ0n) is 11.0. The number of carbonyl (C=O) groups excluding carboxylic acids is 1. The molecule has 1 aromatic carbocycles. The molecule has 1 N–H and O–H groups in total. The van der Waals surface area contributed by atoms with Gasteiger partial charge in [0.25, 0.3) is 0 Å². The molecule has 102 valence electrons. The quantitative estimate of drug-likeness (QED) is 0.495. The smallest absolute Gasteiger partial charge is 0.337 e. The topological polar surface area (TPSA) is 65.0 Å². The van der Waals surface area contributed by atoms with Crippen LogP contribution in [0, 0.1) is 11.8 Å². The highest BCUT2D eigenvalue weighted by molar-refractivity contribution is 5.89. The number of aliphatic hydroxyl groups excluding tert-OH is 1. The fraction of sp³-hybridized carbons (Fsp3) is 0.357. The zero-order chi connectivity index (χ0) is 14.3. The van der Waals surface area contributed by atoms with Gasteiger partial charge in [0.1, 0.15) is 0 Å². The number of esters is 1. The van der Waals surface area contributed by atoms with E-state index in [1.807, 2.05) is 0 Å². The molecule has 1 atom stereocenters. The summed E-state index contributed by atoms with van der Waals surface area (Å²) in [5, 5.41) is 9.65. The lowest BCUT2D eigenvalue weighted by Gasteiger charge is -2.14. The molecule has 0 aliphatic heterocycles. The Balaban J connectivity index is 2.76. The third-order valence-electron chi connectivity index (χ3n) is 2.39. The Bertz CT molecular complexity index is 465. The third-order valence-corrected chi connectivity index (χ3v) is 2.39. The molecule has 0 radical (unpaired) electrons. The first-order chi connectivity index (χ1) is 9.12. The van der Waals surface area contributed by atoms with E-state index in [2.05, 4.69) is 16.6 Å². The molecule has 0 fully saturated rings. The van der Waals surface area contributed by atoms with Gasteiger partial charge in [0.15, 0.2) is 12.4 Å². The molecule has 0 amide bonds. The van der Waals surface area contributed by atoms with Crippen LogP contribution in [0.4, 0.5) is 0 Å². The van der Waals surface area contributed by atoms with Gasteiger partial charge >= 0.3 is 5.97 Å². The fourth-order valence-corrected chi connectivity index (χ4v) is 1.39. The normalized spacial score (nSPS) is 11.6. The number of hydrogen-bond donors (Lipinski definition) is 1. The summed E-state index contributed by atoms with van der Waals surface area (Å²) in [7, 11) is 4.16. The Morgan fingerprint density at radius 3 is 2.21 bits per heavy atom. The van der Waals surface area contributed by atoms with Gasteiger partial charge in [0, 0.05) is 19.8 Å². The first-order valence-electron chi connectivity index (χ1n) is 5.56. The molecule has 0 aliphatic rings. The highest BCUT2D eigenvalue weighted by Crippen LogP contribution is 2.05. The minimum absolute atomic E-state index is 0.404. The van der Waals surface area contributed by atoms with Crippen molar-refractivity contribution in [1.82, 2.24) is 0 Å². The van der Waals surface area contributed by atoms with Crippen LogP contribution in [-0.2, 0) is 14.2 Å². The summed E-state index contributed by atoms with van der Waals surface area (Å²) >= 11 is 0. The van der Waals surface area contributed by atoms with E-state index in [-0.39, 0.29) is 0 Å². The molecule has 0 aliphatic carbocycles. The summed E-state index contributed by atoms with van der Waals surface area (Å²) in [6.07, 6.45) is -1.84. The first-order valence-corrected chi connectivity index (χ1v) is 5.56. The van der Waals surface area contributed by atoms with Gasteiger partial charge in [-0.05, 0) is 24.3 Å². The van der Waals surface area contributed by atoms with Gasteiger partial charge in [-0.25, -0.2) is 4.79 Å². The average Bonchev–Trinajstić information content (AvgIpc) is 2.46. The maximum absolute atomic E-state index is 11.2. The lowest BCUT2D eigenvalue weighted by molar-refractivity contribution is -0.147. The minimum atomic E-state index is -1.05. The number of ether oxygens (including phenoxy) is 3. The maximum Gasteiger partial charge on any atom is 0.337 e. The second kappa shape index (κ2) is 7.54. The van der Waals surface area contributed by atoms with Crippen LogP contribution in [0.3, 0.4) is 0 Å². The molecule has 1 rings (SSSR count). The Kier molecular flexibility index (Phi) is 6.03. The summed E-state index contributed by atoms with van der Waals surface area (Å²) in [5.41, 5.74) is 1.11. The molecule has 0 saturated heterocycles. The van der Waals surface area contributed by atoms with Crippen molar-refractivity contribution in [3.8, 4) is 11.8 Å². The van der Waals surface area contributed by atoms with E-state index in [0.29, 0.717) is 11.1 Å². The molecule has 0 unspecified atom stereocenters. The minimum Gasteiger partial charge on any atom is -0.465 e. The number of carbonyl (C=O) groups is 1. The summed E-state index contributed by atoms with van der Waals surface area (Å²) in [5.74, 6) is 4.96. The van der Waals surface area contributed by atoms with Crippen LogP contribution in [0.25, 0.3) is 0 Å². The van der Waals surface area contributed by atoms with Crippen molar-refractivity contribution in [1.29, 1.82) is 0 Å². The van der Waals surface area contributed by atoms with Gasteiger partial charge in [-0.3, -0.25) is 0 Å². The average molecular weight is 264 g/mol. The third kappa shape index (κ3) is 4.38. The van der Waals surface area contributed by atoms with Crippen LogP contribution in [-0.4, -0.2) is 44.8 Å². The van der Waals surface area contributed by atoms with Crippen molar-refractivity contribution in [3.05, 3.63) is 35.4 Å². The van der Waals surface area contributed by atoms with E-state index in [1.165, 1.54) is 21.3 Å². The maximum atomic E-state index is 11.2. The van der Waals surface area contributed by atoms with Gasteiger partial charge in [0.05, 0.1) is 12.7 Å². The van der Waals surface area contributed by atoms with E-state index in [1.54, 1.807) is 24.3 Å². The fourth-order valence-electron chi connectivity index (χ4n) is 1.39. The number of aliphatic hydroxyl groups is 1. The van der Waals surface area contributed by atoms with Gasteiger partial charge in [-0.2, -0.15) is 0 Å². The van der Waals surface area contributed by atoms with E-state index >= 15 is 0 Å². The van der Waals surface area contributed by atoms with Crippen molar-refractivity contribution in [2.24, 2.45) is 0 Å². The standard InChI is InChI=1S/C14H16O5/c1-17-13(16)11-7-4-10(5-8-11)6-9-12(15)14(18-2)19-3/h4-5,7-8,12,14-15H,1-3H3/t12-/m1/s1. The summed E-state index contributed by atoms with van der Waals surface area (Å²) in [6.45, 7) is 0. The second-order valence-electron chi connectivity index (χ2n) is 3.62. The number of rotatable bonds is 4. The number of benzene rings is 1. The van der Waals surface area contributed by atoms with Gasteiger partial charge in [-0.15, -0.1) is 0 Å². The van der Waals surface area contributed by atoms with E-state index in [9.17, 15) is 9.90 Å². The van der Waals surface area contributed by atoms with E-state index in [0.717, 1.165) is 0 Å². The lowest BCUT2D eigenvalue weighted by atomic mass is 10.1. The van der Waals surface area contributed by atoms with Crippen molar-refractivity contribution in [2.75, 3.05) is 21.3 Å². The molecule has 0 heterocycles. The van der Waals surface area contributed by atoms with Crippen molar-refractivity contribution in [2.45, 2.75) is 12.4 Å². The SMILES string of the molecule is COC(=O)c1ccc(C#C[C@@H](O)C(OC)OC)cc1. The Morgan fingerprint density at radius 1 is 1.16 bits per heavy atom. The van der Waals surface area contributed by atoms with Crippen molar-refractivity contribution in [3.63, 3.8) is 0 Å². The van der Waals surface area contributed by atoms with Crippen molar-refractivity contribution >= 4 is 5.97 Å². The van der Waals surface area contributed by atoms with Crippen LogP contribution < -0.4 is 0 Å². The highest BCUT2D eigenvalue weighted by atomic mass is 16.7. The van der Waals surface area contributed by atoms with Gasteiger partial charge in [-0.1, -0.05) is 11.8 Å². The molecular formula is C14H16O5. The molecular weight excluding hydrogens is 248 g/mol. The summed E-state index contributed by atoms with van der Waals surface area (Å²) in [6, 6.07) is 6.54. The molecule has 5 heteroatoms. The molecule has 5 nitrogen and oxygen atoms in total. The largest absolute Gasteiger partial charge is 0.465 e. The summed E-state index contributed by atoms with van der Waals surface area (Å²) in [4.78, 5) is 11.2. The molecule has 0 aromatic heterocycles. The highest BCUT2D eigenvalue weighted by Gasteiger charge is 2.14. The molecule has 0 spiro atoms. The van der Waals surface area contributed by atoms with Crippen molar-refractivity contribution < 1.29 is 24.1 Å². The van der Waals surface area contributed by atoms with Crippen LogP contribution in [0.15, 0.2) is 24.3 Å². The molecule has 19 heavy (non-hydrogen) atoms. The van der Waals surface area contributed by atoms with Crippen LogP contribution in [0.1, 0.15) is 15.9 Å². The second-order valence-corrected chi connectivity index (χ2v) is 3.62. The monoisotopic (exact) mass is 264 g/mol. The van der Waals surface area contributed by atoms with E-state index < -0.39 is 18.4 Å². The number of methoxy groups -OCH3 is 3. The molecule has 0 saturated carbocycles. The molecule has 1 aromatic rings. The number of hydrogen-bond acceptors (Lipinski definition) is 5. The summed E-state index contributed by atoms with van der Waals surface area (Å²) < 4.78 is 14.3. The Labute approximate surface area is 112 Å². The predicted molar refractivity (Wildman–Crippen MR) is 68.5 cm³/mol. The predicted octanol–water partition coefficient (Wildman–Crippen LogP) is 0.804. The van der Waals surface area contributed by atoms with Crippen LogP contribution >= 0.6 is 0 Å². The zero-order valence-corrected chi connectivity index (χ0v) is 11.0. The first kappa shape index (κ1) is 15.2. The Hall–Kier alpha value is -1.87. The van der Waals surface area contributed by atoms with Crippen LogP contribution in [0.2, 0.25) is 0 Å². The molecule has 0 bridgehead atoms. The Morgan fingerprint density at radius 2 is 1.74 bits per heavy atom. The van der Waals surface area contributed by atoms with Gasteiger partial charge in [0.2, 0.25) is 0 Å². The van der Waals surface area contributed by atoms with E-state index in [4.69, 9.17) is 9.47 Å².